The molecule has 0 radical (unpaired) electrons. The zero-order valence-corrected chi connectivity index (χ0v) is 13.4. The Morgan fingerprint density at radius 1 is 1.23 bits per heavy atom. The highest BCUT2D eigenvalue weighted by Gasteiger charge is 2.28. The van der Waals surface area contributed by atoms with Gasteiger partial charge in [0.15, 0.2) is 0 Å². The van der Waals surface area contributed by atoms with Crippen LogP contribution in [0.3, 0.4) is 0 Å². The summed E-state index contributed by atoms with van der Waals surface area (Å²) in [6.45, 7) is 1.50. The number of hydrogen-bond acceptors (Lipinski definition) is 3. The molecule has 1 saturated carbocycles. The second kappa shape index (κ2) is 7.14. The van der Waals surface area contributed by atoms with Crippen LogP contribution in [0.1, 0.15) is 44.1 Å². The first-order valence-corrected chi connectivity index (χ1v) is 8.44. The van der Waals surface area contributed by atoms with Gasteiger partial charge < -0.3 is 15.0 Å². The summed E-state index contributed by atoms with van der Waals surface area (Å²) in [5.41, 5.74) is 2.19. The van der Waals surface area contributed by atoms with E-state index in [4.69, 9.17) is 4.74 Å². The summed E-state index contributed by atoms with van der Waals surface area (Å²) in [6, 6.07) is 8.17. The number of nitrogens with one attached hydrogen (secondary N) is 1. The highest BCUT2D eigenvalue weighted by atomic mass is 16.5. The van der Waals surface area contributed by atoms with Gasteiger partial charge in [-0.25, -0.2) is 0 Å². The Labute approximate surface area is 132 Å². The Bertz CT molecular complexity index is 512. The minimum Gasteiger partial charge on any atom is -0.374 e. The lowest BCUT2D eigenvalue weighted by molar-refractivity contribution is -0.127. The van der Waals surface area contributed by atoms with Crippen molar-refractivity contribution in [3.63, 3.8) is 0 Å². The summed E-state index contributed by atoms with van der Waals surface area (Å²) in [6.07, 6.45) is 7.63. The van der Waals surface area contributed by atoms with Gasteiger partial charge in [-0.15, -0.1) is 0 Å². The molecule has 22 heavy (non-hydrogen) atoms. The molecule has 1 atom stereocenters. The molecule has 1 aliphatic carbocycles. The van der Waals surface area contributed by atoms with E-state index in [9.17, 15) is 4.79 Å². The minimum atomic E-state index is -0.0838. The molecule has 1 heterocycles. The third kappa shape index (κ3) is 3.80. The molecule has 120 valence electrons. The molecule has 2 aliphatic rings. The van der Waals surface area contributed by atoms with Gasteiger partial charge in [0, 0.05) is 19.3 Å². The number of amides is 1. The lowest BCUT2D eigenvalue weighted by Crippen LogP contribution is -2.30. The summed E-state index contributed by atoms with van der Waals surface area (Å²) in [5, 5.41) is 3.35. The maximum Gasteiger partial charge on any atom is 0.244 e. The Balaban J connectivity index is 1.54. The molecular formula is C18H26N2O2. The van der Waals surface area contributed by atoms with Crippen molar-refractivity contribution in [3.8, 4) is 0 Å². The van der Waals surface area contributed by atoms with E-state index >= 15 is 0 Å². The lowest BCUT2D eigenvalue weighted by atomic mass is 9.98. The molecule has 0 spiro atoms. The molecule has 1 aromatic carbocycles. The van der Waals surface area contributed by atoms with Crippen LogP contribution in [0, 0.1) is 0 Å². The molecule has 3 rings (SSSR count). The van der Waals surface area contributed by atoms with Gasteiger partial charge in [0.05, 0.1) is 12.7 Å². The zero-order valence-electron chi connectivity index (χ0n) is 13.4. The number of likely N-dealkylation sites (tertiary alicyclic amines) is 1. The topological polar surface area (TPSA) is 41.6 Å². The van der Waals surface area contributed by atoms with Crippen LogP contribution in [0.5, 0.6) is 0 Å². The lowest BCUT2D eigenvalue weighted by Gasteiger charge is -2.22. The largest absolute Gasteiger partial charge is 0.374 e. The van der Waals surface area contributed by atoms with Crippen LogP contribution in [0.4, 0.5) is 5.69 Å². The fraction of sp³-hybridized carbons (Fsp3) is 0.611. The van der Waals surface area contributed by atoms with Gasteiger partial charge in [-0.1, -0.05) is 31.4 Å². The first-order valence-electron chi connectivity index (χ1n) is 8.44. The van der Waals surface area contributed by atoms with Gasteiger partial charge in [0.2, 0.25) is 5.91 Å². The van der Waals surface area contributed by atoms with Crippen LogP contribution in [0.2, 0.25) is 0 Å². The Morgan fingerprint density at radius 2 is 2.05 bits per heavy atom. The van der Waals surface area contributed by atoms with Gasteiger partial charge in [-0.3, -0.25) is 4.79 Å². The molecule has 4 nitrogen and oxygen atoms in total. The Hall–Kier alpha value is -1.55. The van der Waals surface area contributed by atoms with Crippen molar-refractivity contribution in [3.05, 3.63) is 29.8 Å². The van der Waals surface area contributed by atoms with Crippen LogP contribution in [0.15, 0.2) is 24.3 Å². The predicted molar refractivity (Wildman–Crippen MR) is 87.8 cm³/mol. The maximum absolute atomic E-state index is 12.0. The number of likely N-dealkylation sites (N-methyl/N-ethyl adjacent to an activating group) is 1. The predicted octanol–water partition coefficient (Wildman–Crippen LogP) is 3.18. The second-order valence-electron chi connectivity index (χ2n) is 6.52. The number of anilines is 1. The van der Waals surface area contributed by atoms with Gasteiger partial charge >= 0.3 is 0 Å². The van der Waals surface area contributed by atoms with E-state index in [0.717, 1.165) is 18.7 Å². The van der Waals surface area contributed by atoms with E-state index in [2.05, 4.69) is 17.4 Å². The average Bonchev–Trinajstić information content (AvgIpc) is 2.86. The van der Waals surface area contributed by atoms with Crippen LogP contribution < -0.4 is 5.32 Å². The number of hydrogen-bond donors (Lipinski definition) is 1. The average molecular weight is 302 g/mol. The molecule has 1 saturated heterocycles. The van der Waals surface area contributed by atoms with Crippen LogP contribution >= 0.6 is 0 Å². The number of carbonyl (C=O) groups is 1. The van der Waals surface area contributed by atoms with Gasteiger partial charge in [-0.05, 0) is 37.0 Å². The van der Waals surface area contributed by atoms with Crippen LogP contribution in [0.25, 0.3) is 0 Å². The summed E-state index contributed by atoms with van der Waals surface area (Å²) >= 11 is 0. The van der Waals surface area contributed by atoms with Crippen molar-refractivity contribution in [2.45, 2.75) is 57.3 Å². The van der Waals surface area contributed by atoms with E-state index in [1.807, 2.05) is 19.2 Å². The van der Waals surface area contributed by atoms with Crippen molar-refractivity contribution in [2.24, 2.45) is 0 Å². The summed E-state index contributed by atoms with van der Waals surface area (Å²) in [5.74, 6) is 0.184. The molecule has 1 aromatic rings. The number of carbonyl (C=O) groups excluding carboxylic acids is 1. The van der Waals surface area contributed by atoms with E-state index < -0.39 is 0 Å². The molecule has 4 heteroatoms. The standard InChI is InChI=1S/C18H26N2O2/c1-20-11-10-17(18(20)21)19-15-7-5-6-14(12-15)13-22-16-8-3-2-4-9-16/h5-7,12,16-17,19H,2-4,8-11,13H2,1H3/t17-/m1/s1. The van der Waals surface area contributed by atoms with Crippen molar-refractivity contribution in [2.75, 3.05) is 18.9 Å². The molecule has 1 N–H and O–H groups in total. The molecule has 1 amide bonds. The smallest absolute Gasteiger partial charge is 0.244 e. The zero-order chi connectivity index (χ0) is 15.4. The highest BCUT2D eigenvalue weighted by Crippen LogP contribution is 2.22. The van der Waals surface area contributed by atoms with Gasteiger partial charge in [0.1, 0.15) is 6.04 Å². The molecule has 2 fully saturated rings. The first kappa shape index (κ1) is 15.3. The summed E-state index contributed by atoms with van der Waals surface area (Å²) in [7, 11) is 1.86. The second-order valence-corrected chi connectivity index (χ2v) is 6.52. The van der Waals surface area contributed by atoms with E-state index in [1.54, 1.807) is 4.90 Å². The quantitative estimate of drug-likeness (QED) is 0.908. The highest BCUT2D eigenvalue weighted by molar-refractivity contribution is 5.86. The van der Waals surface area contributed by atoms with E-state index in [1.165, 1.54) is 37.7 Å². The molecule has 0 bridgehead atoms. The van der Waals surface area contributed by atoms with E-state index in [0.29, 0.717) is 12.7 Å². The van der Waals surface area contributed by atoms with Crippen molar-refractivity contribution in [1.82, 2.24) is 4.90 Å². The number of ether oxygens (including phenoxy) is 1. The van der Waals surface area contributed by atoms with E-state index in [-0.39, 0.29) is 11.9 Å². The molecule has 0 aromatic heterocycles. The van der Waals surface area contributed by atoms with Gasteiger partial charge in [-0.2, -0.15) is 0 Å². The molecular weight excluding hydrogens is 276 g/mol. The van der Waals surface area contributed by atoms with Gasteiger partial charge in [0.25, 0.3) is 0 Å². The number of benzene rings is 1. The fourth-order valence-corrected chi connectivity index (χ4v) is 3.35. The summed E-state index contributed by atoms with van der Waals surface area (Å²) in [4.78, 5) is 13.8. The summed E-state index contributed by atoms with van der Waals surface area (Å²) < 4.78 is 6.03. The third-order valence-corrected chi connectivity index (χ3v) is 4.73. The maximum atomic E-state index is 12.0. The van der Waals surface area contributed by atoms with Crippen LogP contribution in [-0.2, 0) is 16.1 Å². The molecule has 1 aliphatic heterocycles. The SMILES string of the molecule is CN1CC[C@@H](Nc2cccc(COC3CCCCC3)c2)C1=O. The van der Waals surface area contributed by atoms with Crippen molar-refractivity contribution < 1.29 is 9.53 Å². The van der Waals surface area contributed by atoms with Crippen molar-refractivity contribution >= 4 is 11.6 Å². The number of rotatable bonds is 5. The van der Waals surface area contributed by atoms with Crippen molar-refractivity contribution in [1.29, 1.82) is 0 Å². The normalized spacial score (nSPS) is 23.0. The minimum absolute atomic E-state index is 0.0838. The van der Waals surface area contributed by atoms with Crippen LogP contribution in [-0.4, -0.2) is 36.5 Å². The monoisotopic (exact) mass is 302 g/mol. The number of nitrogens with zero attached hydrogens (tertiary/aromatic N) is 1. The first-order chi connectivity index (χ1) is 10.7. The Kier molecular flexibility index (Phi) is 4.98. The fourth-order valence-electron chi connectivity index (χ4n) is 3.35. The third-order valence-electron chi connectivity index (χ3n) is 4.73. The molecule has 0 unspecified atom stereocenters. The Morgan fingerprint density at radius 3 is 2.77 bits per heavy atom.